The van der Waals surface area contributed by atoms with E-state index in [0.29, 0.717) is 20.8 Å². The van der Waals surface area contributed by atoms with Crippen LogP contribution in [-0.2, 0) is 4.74 Å². The van der Waals surface area contributed by atoms with Crippen LogP contribution in [0.25, 0.3) is 0 Å². The molecule has 1 atom stereocenters. The van der Waals surface area contributed by atoms with E-state index >= 15 is 0 Å². The second-order valence-corrected chi connectivity index (χ2v) is 6.18. The third-order valence-electron chi connectivity index (χ3n) is 2.78. The molecule has 0 spiro atoms. The van der Waals surface area contributed by atoms with E-state index in [4.69, 9.17) is 27.9 Å². The standard InChI is InChI=1S/C14H13Cl2NO2S/c1-19-11(9-4-2-3-5-10(9)15)8-17-14(18)12-6-7-13(16)20-12/h2-7,11H,8H2,1H3,(H,17,18)/t11-/m0/s1. The monoisotopic (exact) mass is 329 g/mol. The Morgan fingerprint density at radius 2 is 2.05 bits per heavy atom. The molecule has 0 aliphatic heterocycles. The summed E-state index contributed by atoms with van der Waals surface area (Å²) in [4.78, 5) is 12.5. The molecule has 0 saturated heterocycles. The van der Waals surface area contributed by atoms with Crippen LogP contribution < -0.4 is 5.32 Å². The van der Waals surface area contributed by atoms with Crippen molar-refractivity contribution in [2.75, 3.05) is 13.7 Å². The third-order valence-corrected chi connectivity index (χ3v) is 4.36. The molecule has 1 aromatic heterocycles. The van der Waals surface area contributed by atoms with Crippen molar-refractivity contribution >= 4 is 40.4 Å². The number of rotatable bonds is 5. The molecule has 1 N–H and O–H groups in total. The summed E-state index contributed by atoms with van der Waals surface area (Å²) < 4.78 is 5.97. The molecular weight excluding hydrogens is 317 g/mol. The summed E-state index contributed by atoms with van der Waals surface area (Å²) >= 11 is 13.2. The Hall–Kier alpha value is -1.07. The Balaban J connectivity index is 2.01. The van der Waals surface area contributed by atoms with Gasteiger partial charge in [0.2, 0.25) is 0 Å². The Kier molecular flexibility index (Phi) is 5.43. The minimum absolute atomic E-state index is 0.170. The minimum atomic E-state index is -0.289. The maximum Gasteiger partial charge on any atom is 0.261 e. The van der Waals surface area contributed by atoms with Crippen LogP contribution in [0.5, 0.6) is 0 Å². The number of nitrogens with one attached hydrogen (secondary N) is 1. The largest absolute Gasteiger partial charge is 0.375 e. The second kappa shape index (κ2) is 7.09. The quantitative estimate of drug-likeness (QED) is 0.893. The van der Waals surface area contributed by atoms with Gasteiger partial charge in [-0.1, -0.05) is 41.4 Å². The first kappa shape index (κ1) is 15.3. The van der Waals surface area contributed by atoms with E-state index in [-0.39, 0.29) is 12.0 Å². The Morgan fingerprint density at radius 1 is 1.30 bits per heavy atom. The highest BCUT2D eigenvalue weighted by Gasteiger charge is 2.16. The Bertz CT molecular complexity index is 600. The number of hydrogen-bond donors (Lipinski definition) is 1. The van der Waals surface area contributed by atoms with E-state index in [1.807, 2.05) is 18.2 Å². The summed E-state index contributed by atoms with van der Waals surface area (Å²) in [6, 6.07) is 10.8. The molecule has 1 aromatic carbocycles. The van der Waals surface area contributed by atoms with Crippen molar-refractivity contribution in [3.63, 3.8) is 0 Å². The molecule has 0 bridgehead atoms. The van der Waals surface area contributed by atoms with Crippen molar-refractivity contribution in [1.29, 1.82) is 0 Å². The van der Waals surface area contributed by atoms with Gasteiger partial charge < -0.3 is 10.1 Å². The van der Waals surface area contributed by atoms with Crippen molar-refractivity contribution in [1.82, 2.24) is 5.32 Å². The molecule has 0 saturated carbocycles. The van der Waals surface area contributed by atoms with Crippen LogP contribution in [0, 0.1) is 0 Å². The normalized spacial score (nSPS) is 12.2. The zero-order chi connectivity index (χ0) is 14.5. The Morgan fingerprint density at radius 3 is 2.65 bits per heavy atom. The van der Waals surface area contributed by atoms with Gasteiger partial charge in [0.05, 0.1) is 9.21 Å². The first-order chi connectivity index (χ1) is 9.61. The number of carbonyl (C=O) groups excluding carboxylic acids is 1. The average molecular weight is 330 g/mol. The number of amides is 1. The fraction of sp³-hybridized carbons (Fsp3) is 0.214. The average Bonchev–Trinajstić information content (AvgIpc) is 2.88. The molecule has 0 radical (unpaired) electrons. The maximum absolute atomic E-state index is 11.9. The zero-order valence-corrected chi connectivity index (χ0v) is 13.1. The SMILES string of the molecule is CO[C@@H](CNC(=O)c1ccc(Cl)s1)c1ccccc1Cl. The number of benzene rings is 1. The molecular formula is C14H13Cl2NO2S. The van der Waals surface area contributed by atoms with Crippen LogP contribution in [-0.4, -0.2) is 19.6 Å². The van der Waals surface area contributed by atoms with Gasteiger partial charge in [-0.3, -0.25) is 4.79 Å². The van der Waals surface area contributed by atoms with Crippen molar-refractivity contribution in [3.05, 3.63) is 56.2 Å². The molecule has 1 amide bonds. The number of halogens is 2. The third kappa shape index (κ3) is 3.73. The molecule has 0 aliphatic rings. The summed E-state index contributed by atoms with van der Waals surface area (Å²) in [6.07, 6.45) is -0.289. The second-order valence-electron chi connectivity index (χ2n) is 4.06. The summed E-state index contributed by atoms with van der Waals surface area (Å²) in [6.45, 7) is 0.342. The highest BCUT2D eigenvalue weighted by Crippen LogP contribution is 2.25. The van der Waals surface area contributed by atoms with Gasteiger partial charge >= 0.3 is 0 Å². The molecule has 2 rings (SSSR count). The molecule has 106 valence electrons. The fourth-order valence-electron chi connectivity index (χ4n) is 1.77. The maximum atomic E-state index is 11.9. The summed E-state index contributed by atoms with van der Waals surface area (Å²) in [7, 11) is 1.59. The van der Waals surface area contributed by atoms with Gasteiger partial charge in [0.1, 0.15) is 6.10 Å². The van der Waals surface area contributed by atoms with Gasteiger partial charge in [-0.05, 0) is 18.2 Å². The first-order valence-corrected chi connectivity index (χ1v) is 7.50. The zero-order valence-electron chi connectivity index (χ0n) is 10.7. The Labute approximate surface area is 131 Å². The number of hydrogen-bond acceptors (Lipinski definition) is 3. The van der Waals surface area contributed by atoms with Crippen LogP contribution in [0.15, 0.2) is 36.4 Å². The molecule has 0 unspecified atom stereocenters. The van der Waals surface area contributed by atoms with Crippen molar-refractivity contribution in [2.45, 2.75) is 6.10 Å². The summed E-state index contributed by atoms with van der Waals surface area (Å²) in [5.74, 6) is -0.170. The van der Waals surface area contributed by atoms with Crippen molar-refractivity contribution in [2.24, 2.45) is 0 Å². The number of ether oxygens (including phenoxy) is 1. The predicted molar refractivity (Wildman–Crippen MR) is 82.9 cm³/mol. The summed E-state index contributed by atoms with van der Waals surface area (Å²) in [5, 5.41) is 3.44. The minimum Gasteiger partial charge on any atom is -0.375 e. The van der Waals surface area contributed by atoms with Gasteiger partial charge in [-0.15, -0.1) is 11.3 Å². The smallest absolute Gasteiger partial charge is 0.261 e. The van der Waals surface area contributed by atoms with E-state index in [9.17, 15) is 4.79 Å². The van der Waals surface area contributed by atoms with Gasteiger partial charge in [-0.2, -0.15) is 0 Å². The van der Waals surface area contributed by atoms with Gasteiger partial charge in [-0.25, -0.2) is 0 Å². The highest BCUT2D eigenvalue weighted by molar-refractivity contribution is 7.17. The molecule has 2 aromatic rings. The van der Waals surface area contributed by atoms with Crippen LogP contribution in [0.4, 0.5) is 0 Å². The molecule has 0 fully saturated rings. The van der Waals surface area contributed by atoms with Crippen molar-refractivity contribution < 1.29 is 9.53 Å². The van der Waals surface area contributed by atoms with Crippen LogP contribution >= 0.6 is 34.5 Å². The van der Waals surface area contributed by atoms with Gasteiger partial charge in [0.15, 0.2) is 0 Å². The van der Waals surface area contributed by atoms with E-state index in [2.05, 4.69) is 5.32 Å². The lowest BCUT2D eigenvalue weighted by Gasteiger charge is -2.17. The highest BCUT2D eigenvalue weighted by atomic mass is 35.5. The van der Waals surface area contributed by atoms with Gasteiger partial charge in [0.25, 0.3) is 5.91 Å². The molecule has 6 heteroatoms. The van der Waals surface area contributed by atoms with E-state index in [1.165, 1.54) is 11.3 Å². The number of thiophene rings is 1. The predicted octanol–water partition coefficient (Wildman–Crippen LogP) is 4.17. The van der Waals surface area contributed by atoms with Crippen molar-refractivity contribution in [3.8, 4) is 0 Å². The van der Waals surface area contributed by atoms with E-state index < -0.39 is 0 Å². The van der Waals surface area contributed by atoms with Crippen LogP contribution in [0.2, 0.25) is 9.36 Å². The number of carbonyl (C=O) groups is 1. The lowest BCUT2D eigenvalue weighted by atomic mass is 10.1. The summed E-state index contributed by atoms with van der Waals surface area (Å²) in [5.41, 5.74) is 0.848. The molecule has 1 heterocycles. The fourth-order valence-corrected chi connectivity index (χ4v) is 2.98. The van der Waals surface area contributed by atoms with Gasteiger partial charge in [0, 0.05) is 24.2 Å². The lowest BCUT2D eigenvalue weighted by molar-refractivity contribution is 0.0831. The topological polar surface area (TPSA) is 38.3 Å². The molecule has 3 nitrogen and oxygen atoms in total. The first-order valence-electron chi connectivity index (χ1n) is 5.92. The molecule has 0 aliphatic carbocycles. The lowest BCUT2D eigenvalue weighted by Crippen LogP contribution is -2.28. The van der Waals surface area contributed by atoms with Crippen LogP contribution in [0.3, 0.4) is 0 Å². The van der Waals surface area contributed by atoms with Crippen LogP contribution in [0.1, 0.15) is 21.3 Å². The molecule has 20 heavy (non-hydrogen) atoms. The number of methoxy groups -OCH3 is 1. The van der Waals surface area contributed by atoms with E-state index in [1.54, 1.807) is 25.3 Å². The van der Waals surface area contributed by atoms with E-state index in [0.717, 1.165) is 5.56 Å².